The predicted octanol–water partition coefficient (Wildman–Crippen LogP) is 0.412. The van der Waals surface area contributed by atoms with E-state index in [2.05, 4.69) is 19.8 Å². The first kappa shape index (κ1) is 23.2. The number of anilines is 1. The van der Waals surface area contributed by atoms with Crippen molar-refractivity contribution in [2.24, 2.45) is 5.16 Å². The van der Waals surface area contributed by atoms with Gasteiger partial charge < -0.3 is 21.0 Å². The number of nitrogens with zero attached hydrogens (tertiary/aromatic N) is 5. The molecular formula is C20H18N7O5S3+. The van der Waals surface area contributed by atoms with Crippen LogP contribution in [-0.2, 0) is 25.8 Å². The highest BCUT2D eigenvalue weighted by Gasteiger charge is 2.55. The molecule has 12 nitrogen and oxygen atoms in total. The van der Waals surface area contributed by atoms with Crippen molar-refractivity contribution >= 4 is 73.5 Å². The van der Waals surface area contributed by atoms with Crippen molar-refractivity contribution in [3.05, 3.63) is 46.9 Å². The topological polar surface area (TPSA) is 164 Å². The van der Waals surface area contributed by atoms with E-state index in [-0.39, 0.29) is 22.4 Å². The quantitative estimate of drug-likeness (QED) is 0.169. The molecule has 2 amide bonds. The Morgan fingerprint density at radius 3 is 2.97 bits per heavy atom. The number of β-lactam (4-membered cyclic amide) rings is 1. The van der Waals surface area contributed by atoms with Gasteiger partial charge in [0.1, 0.15) is 24.2 Å². The molecular weight excluding hydrogens is 514 g/mol. The van der Waals surface area contributed by atoms with Gasteiger partial charge in [-0.2, -0.15) is 13.9 Å². The van der Waals surface area contributed by atoms with E-state index in [1.54, 1.807) is 11.3 Å². The fourth-order valence-electron chi connectivity index (χ4n) is 3.94. The number of aromatic nitrogens is 3. The van der Waals surface area contributed by atoms with Crippen molar-refractivity contribution in [2.45, 2.75) is 18.0 Å². The van der Waals surface area contributed by atoms with Gasteiger partial charge >= 0.3 is 5.97 Å². The highest BCUT2D eigenvalue weighted by atomic mass is 32.2. The number of amides is 2. The maximum Gasteiger partial charge on any atom is 0.352 e. The molecule has 15 heteroatoms. The van der Waals surface area contributed by atoms with Gasteiger partial charge in [-0.25, -0.2) is 4.79 Å². The number of nitrogens with two attached hydrogens (primary N) is 1. The molecule has 2 unspecified atom stereocenters. The third-order valence-electron chi connectivity index (χ3n) is 5.43. The number of fused-ring (bicyclic) bond motifs is 2. The lowest BCUT2D eigenvalue weighted by Crippen LogP contribution is -2.71. The van der Waals surface area contributed by atoms with Gasteiger partial charge in [0, 0.05) is 28.9 Å². The van der Waals surface area contributed by atoms with E-state index in [1.165, 1.54) is 23.8 Å². The van der Waals surface area contributed by atoms with Gasteiger partial charge in [0.15, 0.2) is 17.9 Å². The van der Waals surface area contributed by atoms with E-state index in [4.69, 9.17) is 10.6 Å². The van der Waals surface area contributed by atoms with Crippen molar-refractivity contribution in [1.29, 1.82) is 0 Å². The van der Waals surface area contributed by atoms with E-state index < -0.39 is 29.2 Å². The molecule has 35 heavy (non-hydrogen) atoms. The monoisotopic (exact) mass is 532 g/mol. The summed E-state index contributed by atoms with van der Waals surface area (Å²) in [7, 11) is 1.26. The molecule has 180 valence electrons. The highest BCUT2D eigenvalue weighted by Crippen LogP contribution is 2.40. The molecule has 1 saturated heterocycles. The Labute approximate surface area is 210 Å². The first-order valence-corrected chi connectivity index (χ1v) is 12.9. The maximum absolute atomic E-state index is 13.0. The number of carbonyl (C=O) groups is 3. The second-order valence-electron chi connectivity index (χ2n) is 7.51. The molecule has 5 heterocycles. The molecule has 5 rings (SSSR count). The zero-order chi connectivity index (χ0) is 24.7. The zero-order valence-corrected chi connectivity index (χ0v) is 20.5. The lowest BCUT2D eigenvalue weighted by atomic mass is 10.0. The van der Waals surface area contributed by atoms with Gasteiger partial charge in [-0.3, -0.25) is 14.5 Å². The van der Waals surface area contributed by atoms with Crippen LogP contribution in [0.2, 0.25) is 0 Å². The van der Waals surface area contributed by atoms with Crippen molar-refractivity contribution < 1.29 is 28.9 Å². The number of nitrogen functional groups attached to an aromatic ring is 1. The zero-order valence-electron chi connectivity index (χ0n) is 18.1. The van der Waals surface area contributed by atoms with E-state index in [0.717, 1.165) is 21.7 Å². The SMILES string of the molecule is CO/N=C(/C(=O)NC1C(=O)N2C(C(=O)O)=C(C[n+]3cccc4ccsc43)CSC12)c1nsc(N)n1. The summed E-state index contributed by atoms with van der Waals surface area (Å²) in [6.45, 7) is 0.335. The third kappa shape index (κ3) is 4.11. The van der Waals surface area contributed by atoms with Crippen LogP contribution < -0.4 is 15.6 Å². The molecule has 2 aliphatic rings. The van der Waals surface area contributed by atoms with Crippen molar-refractivity contribution in [3.8, 4) is 0 Å². The number of nitrogens with one attached hydrogen (secondary N) is 1. The summed E-state index contributed by atoms with van der Waals surface area (Å²) >= 11 is 3.83. The Balaban J connectivity index is 1.38. The molecule has 0 aromatic carbocycles. The highest BCUT2D eigenvalue weighted by molar-refractivity contribution is 8.00. The molecule has 2 atom stereocenters. The molecule has 3 aromatic rings. The summed E-state index contributed by atoms with van der Waals surface area (Å²) < 4.78 is 5.93. The summed E-state index contributed by atoms with van der Waals surface area (Å²) in [5, 5.41) is 18.8. The van der Waals surface area contributed by atoms with Crippen LogP contribution in [0.3, 0.4) is 0 Å². The number of thiophene rings is 1. The number of hydrogen-bond acceptors (Lipinski definition) is 11. The van der Waals surface area contributed by atoms with E-state index in [1.807, 2.05) is 34.3 Å². The molecule has 2 aliphatic heterocycles. The third-order valence-corrected chi connectivity index (χ3v) is 8.27. The van der Waals surface area contributed by atoms with Crippen molar-refractivity contribution in [2.75, 3.05) is 18.6 Å². The number of pyridine rings is 1. The number of thioether (sulfide) groups is 1. The molecule has 0 spiro atoms. The summed E-state index contributed by atoms with van der Waals surface area (Å²) in [6.07, 6.45) is 1.89. The van der Waals surface area contributed by atoms with Crippen LogP contribution in [0.25, 0.3) is 10.2 Å². The normalized spacial score (nSPS) is 20.0. The van der Waals surface area contributed by atoms with Gasteiger partial charge in [0.25, 0.3) is 16.6 Å². The number of carboxylic acid groups (broad SMARTS) is 1. The van der Waals surface area contributed by atoms with Crippen LogP contribution in [0.4, 0.5) is 5.13 Å². The van der Waals surface area contributed by atoms with E-state index in [0.29, 0.717) is 17.9 Å². The lowest BCUT2D eigenvalue weighted by molar-refractivity contribution is -0.661. The summed E-state index contributed by atoms with van der Waals surface area (Å²) in [5.74, 6) is -2.08. The minimum Gasteiger partial charge on any atom is -0.477 e. The summed E-state index contributed by atoms with van der Waals surface area (Å²) in [6, 6.07) is 4.95. The standard InChI is InChI=1S/C20H17N7O5S3/c1-32-24-11(14-23-20(21)35-25-14)15(28)22-12-16(29)27-13(19(30)31)10(8-34-18(12)27)7-26-5-2-3-9-4-6-33-17(9)26/h2-6,12,18H,7-8H2,1H3,(H3-,21,22,23,25,28,30,31)/p+1/b24-11+. The Kier molecular flexibility index (Phi) is 6.12. The second-order valence-corrected chi connectivity index (χ2v) is 10.3. The molecule has 0 aliphatic carbocycles. The number of rotatable bonds is 7. The number of aliphatic carboxylic acids is 1. The molecule has 0 bridgehead atoms. The number of hydrogen-bond donors (Lipinski definition) is 3. The Hall–Kier alpha value is -3.56. The number of carbonyl (C=O) groups excluding carboxylic acids is 2. The van der Waals surface area contributed by atoms with Crippen LogP contribution in [0.5, 0.6) is 0 Å². The molecule has 0 radical (unpaired) electrons. The molecule has 3 aromatic heterocycles. The van der Waals surface area contributed by atoms with Crippen LogP contribution >= 0.6 is 34.6 Å². The fraction of sp³-hybridized carbons (Fsp3) is 0.250. The Morgan fingerprint density at radius 2 is 2.26 bits per heavy atom. The smallest absolute Gasteiger partial charge is 0.352 e. The first-order chi connectivity index (χ1) is 16.9. The summed E-state index contributed by atoms with van der Waals surface area (Å²) in [5.41, 5.74) is 5.92. The average molecular weight is 533 g/mol. The van der Waals surface area contributed by atoms with E-state index >= 15 is 0 Å². The van der Waals surface area contributed by atoms with Crippen LogP contribution in [0.15, 0.2) is 46.2 Å². The van der Waals surface area contributed by atoms with Crippen LogP contribution in [0, 0.1) is 0 Å². The number of oxime groups is 1. The van der Waals surface area contributed by atoms with E-state index in [9.17, 15) is 19.5 Å². The molecule has 0 saturated carbocycles. The van der Waals surface area contributed by atoms with Crippen molar-refractivity contribution in [1.82, 2.24) is 19.6 Å². The maximum atomic E-state index is 13.0. The Bertz CT molecular complexity index is 1410. The van der Waals surface area contributed by atoms with Crippen LogP contribution in [-0.4, -0.2) is 67.1 Å². The largest absolute Gasteiger partial charge is 0.477 e. The van der Waals surface area contributed by atoms with Gasteiger partial charge in [-0.05, 0) is 17.5 Å². The van der Waals surface area contributed by atoms with Crippen molar-refractivity contribution in [3.63, 3.8) is 0 Å². The minimum absolute atomic E-state index is 0.0278. The van der Waals surface area contributed by atoms with Gasteiger partial charge in [-0.15, -0.1) is 11.8 Å². The fourth-order valence-corrected chi connectivity index (χ4v) is 6.59. The van der Waals surface area contributed by atoms with Gasteiger partial charge in [0.05, 0.1) is 5.39 Å². The molecule has 1 fully saturated rings. The average Bonchev–Trinajstić information content (AvgIpc) is 3.49. The minimum atomic E-state index is -1.19. The first-order valence-electron chi connectivity index (χ1n) is 10.2. The Morgan fingerprint density at radius 1 is 1.43 bits per heavy atom. The van der Waals surface area contributed by atoms with Gasteiger partial charge in [0.2, 0.25) is 11.5 Å². The number of carboxylic acids is 1. The van der Waals surface area contributed by atoms with Gasteiger partial charge in [-0.1, -0.05) is 16.5 Å². The predicted molar refractivity (Wildman–Crippen MR) is 130 cm³/mol. The van der Waals surface area contributed by atoms with Crippen LogP contribution in [0.1, 0.15) is 5.82 Å². The second kappa shape index (κ2) is 9.24. The summed E-state index contributed by atoms with van der Waals surface area (Å²) in [4.78, 5) is 48.9. The molecule has 4 N–H and O–H groups in total. The lowest BCUT2D eigenvalue weighted by Gasteiger charge is -2.49.